The fourth-order valence-corrected chi connectivity index (χ4v) is 2.50. The third-order valence-electron chi connectivity index (χ3n) is 3.88. The number of anilines is 1. The molecule has 1 aliphatic heterocycles. The molecule has 2 aromatic carbocycles. The van der Waals surface area contributed by atoms with Crippen LogP contribution in [0.2, 0.25) is 0 Å². The predicted molar refractivity (Wildman–Crippen MR) is 95.0 cm³/mol. The molecule has 1 fully saturated rings. The Hall–Kier alpha value is -3.79. The molecule has 1 atom stereocenters. The van der Waals surface area contributed by atoms with E-state index < -0.39 is 23.8 Å². The van der Waals surface area contributed by atoms with Gasteiger partial charge in [0, 0.05) is 6.21 Å². The zero-order valence-electron chi connectivity index (χ0n) is 13.8. The van der Waals surface area contributed by atoms with Crippen LogP contribution in [0, 0.1) is 24.2 Å². The van der Waals surface area contributed by atoms with Gasteiger partial charge in [-0.15, -0.1) is 0 Å². The van der Waals surface area contributed by atoms with Crippen LogP contribution in [-0.4, -0.2) is 24.1 Å². The molecule has 7 nitrogen and oxygen atoms in total. The summed E-state index contributed by atoms with van der Waals surface area (Å²) in [6.45, 7) is 1.88. The average molecular weight is 346 g/mol. The number of carbonyl (C=O) groups is 3. The maximum atomic E-state index is 12.7. The molecule has 26 heavy (non-hydrogen) atoms. The predicted octanol–water partition coefficient (Wildman–Crippen LogP) is 2.47. The first-order valence-electron chi connectivity index (χ1n) is 7.80. The number of hydrogen-bond donors (Lipinski definition) is 1. The largest absolute Gasteiger partial charge is 0.335 e. The highest BCUT2D eigenvalue weighted by molar-refractivity contribution is 6.32. The van der Waals surface area contributed by atoms with Crippen LogP contribution in [0.15, 0.2) is 53.5 Å². The van der Waals surface area contributed by atoms with Crippen LogP contribution in [0.4, 0.5) is 16.2 Å². The second-order valence-electron chi connectivity index (χ2n) is 5.69. The van der Waals surface area contributed by atoms with Crippen molar-refractivity contribution in [3.63, 3.8) is 0 Å². The van der Waals surface area contributed by atoms with Crippen molar-refractivity contribution in [1.82, 2.24) is 5.32 Å². The zero-order chi connectivity index (χ0) is 18.7. The van der Waals surface area contributed by atoms with Gasteiger partial charge in [0.05, 0.1) is 16.9 Å². The van der Waals surface area contributed by atoms with Gasteiger partial charge in [0.1, 0.15) is 6.07 Å². The molecule has 0 aromatic heterocycles. The highest BCUT2D eigenvalue weighted by Crippen LogP contribution is 2.22. The summed E-state index contributed by atoms with van der Waals surface area (Å²) in [7, 11) is 0. The molecule has 3 rings (SSSR count). The molecule has 4 amide bonds. The van der Waals surface area contributed by atoms with E-state index in [-0.39, 0.29) is 0 Å². The number of nitriles is 1. The first-order valence-corrected chi connectivity index (χ1v) is 7.80. The lowest BCUT2D eigenvalue weighted by molar-refractivity contribution is -0.131. The Labute approximate surface area is 149 Å². The molecule has 128 valence electrons. The Morgan fingerprint density at radius 3 is 2.50 bits per heavy atom. The Kier molecular flexibility index (Phi) is 4.58. The molecule has 1 heterocycles. The summed E-state index contributed by atoms with van der Waals surface area (Å²) in [5.74, 6) is -2.71. The highest BCUT2D eigenvalue weighted by atomic mass is 16.2. The molecule has 0 spiro atoms. The molecule has 1 N–H and O–H groups in total. The quantitative estimate of drug-likeness (QED) is 0.681. The zero-order valence-corrected chi connectivity index (χ0v) is 13.8. The summed E-state index contributed by atoms with van der Waals surface area (Å²) in [6.07, 6.45) is 1.15. The minimum absolute atomic E-state index is 0.318. The van der Waals surface area contributed by atoms with Crippen LogP contribution >= 0.6 is 0 Å². The van der Waals surface area contributed by atoms with Crippen molar-refractivity contribution in [2.75, 3.05) is 4.90 Å². The second kappa shape index (κ2) is 6.99. The highest BCUT2D eigenvalue weighted by Gasteiger charge is 2.40. The molecule has 1 aliphatic rings. The summed E-state index contributed by atoms with van der Waals surface area (Å²) >= 11 is 0. The average Bonchev–Trinajstić information content (AvgIpc) is 2.63. The third-order valence-corrected chi connectivity index (χ3v) is 3.88. The first-order chi connectivity index (χ1) is 12.5. The molecule has 7 heteroatoms. The topological polar surface area (TPSA) is 103 Å². The van der Waals surface area contributed by atoms with Gasteiger partial charge in [-0.05, 0) is 31.2 Å². The SMILES string of the molecule is Cc1ccc(N2C(=O)NC(=O)[C@H](C=Nc3ccccc3C#N)C2=O)cc1. The minimum Gasteiger partial charge on any atom is -0.276 e. The summed E-state index contributed by atoms with van der Waals surface area (Å²) in [5, 5.41) is 11.2. The van der Waals surface area contributed by atoms with Crippen molar-refractivity contribution in [2.24, 2.45) is 10.9 Å². The van der Waals surface area contributed by atoms with Gasteiger partial charge >= 0.3 is 6.03 Å². The fourth-order valence-electron chi connectivity index (χ4n) is 2.50. The van der Waals surface area contributed by atoms with Crippen molar-refractivity contribution < 1.29 is 14.4 Å². The number of carbonyl (C=O) groups excluding carboxylic acids is 3. The van der Waals surface area contributed by atoms with Crippen LogP contribution < -0.4 is 10.2 Å². The lowest BCUT2D eigenvalue weighted by atomic mass is 10.1. The summed E-state index contributed by atoms with van der Waals surface area (Å²) in [6, 6.07) is 14.5. The Morgan fingerprint density at radius 1 is 1.12 bits per heavy atom. The number of rotatable bonds is 3. The van der Waals surface area contributed by atoms with E-state index in [2.05, 4.69) is 10.3 Å². The lowest BCUT2D eigenvalue weighted by Crippen LogP contribution is -2.58. The van der Waals surface area contributed by atoms with Crippen LogP contribution in [0.25, 0.3) is 0 Å². The molecule has 1 saturated heterocycles. The fraction of sp³-hybridized carbons (Fsp3) is 0.105. The Morgan fingerprint density at radius 2 is 1.81 bits per heavy atom. The van der Waals surface area contributed by atoms with Gasteiger partial charge in [0.2, 0.25) is 5.91 Å². The summed E-state index contributed by atoms with van der Waals surface area (Å²) in [5.41, 5.74) is 2.00. The third kappa shape index (κ3) is 3.21. The number of nitrogens with zero attached hydrogens (tertiary/aromatic N) is 3. The first kappa shape index (κ1) is 17.0. The van der Waals surface area contributed by atoms with Crippen LogP contribution in [0.1, 0.15) is 11.1 Å². The van der Waals surface area contributed by atoms with E-state index in [9.17, 15) is 14.4 Å². The van der Waals surface area contributed by atoms with Gasteiger partial charge in [-0.1, -0.05) is 29.8 Å². The van der Waals surface area contributed by atoms with Crippen LogP contribution in [-0.2, 0) is 9.59 Å². The van der Waals surface area contributed by atoms with Gasteiger partial charge in [-0.25, -0.2) is 9.69 Å². The number of para-hydroxylation sites is 1. The van der Waals surface area contributed by atoms with Crippen LogP contribution in [0.3, 0.4) is 0 Å². The molecular weight excluding hydrogens is 332 g/mol. The van der Waals surface area contributed by atoms with Crippen molar-refractivity contribution >= 4 is 35.4 Å². The van der Waals surface area contributed by atoms with Gasteiger partial charge in [0.25, 0.3) is 5.91 Å². The Balaban J connectivity index is 1.92. The van der Waals surface area contributed by atoms with Gasteiger partial charge in [0.15, 0.2) is 5.92 Å². The monoisotopic (exact) mass is 346 g/mol. The lowest BCUT2D eigenvalue weighted by Gasteiger charge is -2.28. The number of imide groups is 2. The smallest absolute Gasteiger partial charge is 0.276 e. The standard InChI is InChI=1S/C19H14N4O3/c1-12-6-8-14(9-7-12)23-18(25)15(17(24)22-19(23)26)11-21-16-5-3-2-4-13(16)10-20/h2-9,11,15H,1H3,(H,22,24,26)/t15-/m0/s1. The van der Waals surface area contributed by atoms with E-state index in [0.29, 0.717) is 16.9 Å². The van der Waals surface area contributed by atoms with Crippen molar-refractivity contribution in [1.29, 1.82) is 5.26 Å². The number of nitrogens with one attached hydrogen (secondary N) is 1. The van der Waals surface area contributed by atoms with Crippen molar-refractivity contribution in [2.45, 2.75) is 6.92 Å². The van der Waals surface area contributed by atoms with Crippen molar-refractivity contribution in [3.8, 4) is 6.07 Å². The Bertz CT molecular complexity index is 957. The molecule has 2 aromatic rings. The molecule has 0 radical (unpaired) electrons. The normalized spacial score (nSPS) is 17.3. The van der Waals surface area contributed by atoms with E-state index in [1.165, 1.54) is 0 Å². The molecule has 0 bridgehead atoms. The number of benzene rings is 2. The number of aryl methyl sites for hydroxylation is 1. The summed E-state index contributed by atoms with van der Waals surface area (Å²) in [4.78, 5) is 41.9. The van der Waals surface area contributed by atoms with Crippen molar-refractivity contribution in [3.05, 3.63) is 59.7 Å². The second-order valence-corrected chi connectivity index (χ2v) is 5.69. The van der Waals surface area contributed by atoms with E-state index >= 15 is 0 Å². The number of barbiturate groups is 1. The molecule has 0 unspecified atom stereocenters. The maximum absolute atomic E-state index is 12.7. The number of amides is 4. The molecule has 0 saturated carbocycles. The maximum Gasteiger partial charge on any atom is 0.335 e. The van der Waals surface area contributed by atoms with Gasteiger partial charge in [-0.2, -0.15) is 5.26 Å². The van der Waals surface area contributed by atoms with E-state index in [0.717, 1.165) is 16.7 Å². The minimum atomic E-state index is -1.26. The molecular formula is C19H14N4O3. The van der Waals surface area contributed by atoms with E-state index in [1.54, 1.807) is 48.5 Å². The van der Waals surface area contributed by atoms with Crippen LogP contribution in [0.5, 0.6) is 0 Å². The number of urea groups is 1. The van der Waals surface area contributed by atoms with Gasteiger partial charge < -0.3 is 0 Å². The molecule has 0 aliphatic carbocycles. The van der Waals surface area contributed by atoms with E-state index in [1.807, 2.05) is 13.0 Å². The summed E-state index contributed by atoms with van der Waals surface area (Å²) < 4.78 is 0. The van der Waals surface area contributed by atoms with Gasteiger partial charge in [-0.3, -0.25) is 19.9 Å². The van der Waals surface area contributed by atoms with E-state index in [4.69, 9.17) is 5.26 Å². The number of aliphatic imine (C=N–C) groups is 1. The number of hydrogen-bond acceptors (Lipinski definition) is 5.